The van der Waals surface area contributed by atoms with Gasteiger partial charge in [-0.15, -0.1) is 0 Å². The highest BCUT2D eigenvalue weighted by Gasteiger charge is 2.28. The van der Waals surface area contributed by atoms with Crippen LogP contribution in [0, 0.1) is 6.92 Å². The van der Waals surface area contributed by atoms with Crippen molar-refractivity contribution in [1.82, 2.24) is 5.32 Å². The highest BCUT2D eigenvalue weighted by Crippen LogP contribution is 2.26. The Labute approximate surface area is 178 Å². The quantitative estimate of drug-likeness (QED) is 0.594. The van der Waals surface area contributed by atoms with E-state index in [1.54, 1.807) is 30.3 Å². The van der Waals surface area contributed by atoms with Crippen molar-refractivity contribution in [3.8, 4) is 0 Å². The van der Waals surface area contributed by atoms with E-state index in [2.05, 4.69) is 5.32 Å². The largest absolute Gasteiger partial charge is 0.354 e. The Bertz CT molecular complexity index is 1080. The van der Waals surface area contributed by atoms with Gasteiger partial charge in [0.05, 0.1) is 10.6 Å². The number of sulfonamides is 1. The van der Waals surface area contributed by atoms with Crippen LogP contribution in [-0.4, -0.2) is 27.4 Å². The van der Waals surface area contributed by atoms with Crippen LogP contribution in [0.15, 0.2) is 89.8 Å². The molecule has 3 rings (SSSR count). The van der Waals surface area contributed by atoms with Gasteiger partial charge in [-0.05, 0) is 42.2 Å². The molecule has 1 amide bonds. The lowest BCUT2D eigenvalue weighted by Crippen LogP contribution is -2.42. The second kappa shape index (κ2) is 9.59. The number of anilines is 1. The van der Waals surface area contributed by atoms with Gasteiger partial charge >= 0.3 is 0 Å². The Morgan fingerprint density at radius 3 is 2.10 bits per heavy atom. The summed E-state index contributed by atoms with van der Waals surface area (Å²) in [6.45, 7) is 3.99. The zero-order chi connectivity index (χ0) is 21.6. The standard InChI is InChI=1S/C24H26N2O3S/c1-19-11-9-10-16-23(19)26(30(28,29)22-14-7-4-8-15-22)18-24(27)25-17-20(2)21-12-5-3-6-13-21/h3-16,20H,17-18H2,1-2H3,(H,25,27)/t20-/m1/s1. The molecule has 0 aromatic heterocycles. The second-order valence-corrected chi connectivity index (χ2v) is 9.09. The number of nitrogens with zero attached hydrogens (tertiary/aromatic N) is 1. The van der Waals surface area contributed by atoms with Crippen molar-refractivity contribution >= 4 is 21.6 Å². The number of hydrogen-bond donors (Lipinski definition) is 1. The molecule has 0 spiro atoms. The fourth-order valence-electron chi connectivity index (χ4n) is 3.22. The number of benzene rings is 3. The molecule has 0 saturated carbocycles. The van der Waals surface area contributed by atoms with Crippen molar-refractivity contribution in [3.05, 3.63) is 96.1 Å². The third kappa shape index (κ3) is 5.07. The van der Waals surface area contributed by atoms with E-state index in [0.29, 0.717) is 12.2 Å². The first kappa shape index (κ1) is 21.6. The summed E-state index contributed by atoms with van der Waals surface area (Å²) in [7, 11) is -3.89. The summed E-state index contributed by atoms with van der Waals surface area (Å²) in [5.74, 6) is -0.228. The lowest BCUT2D eigenvalue weighted by Gasteiger charge is -2.26. The summed E-state index contributed by atoms with van der Waals surface area (Å²) < 4.78 is 27.8. The van der Waals surface area contributed by atoms with Crippen molar-refractivity contribution in [1.29, 1.82) is 0 Å². The molecule has 1 atom stereocenters. The van der Waals surface area contributed by atoms with Crippen LogP contribution in [0.3, 0.4) is 0 Å². The fraction of sp³-hybridized carbons (Fsp3) is 0.208. The number of aryl methyl sites for hydroxylation is 1. The van der Waals surface area contributed by atoms with Crippen molar-refractivity contribution in [2.45, 2.75) is 24.7 Å². The van der Waals surface area contributed by atoms with Gasteiger partial charge in [0.15, 0.2) is 0 Å². The van der Waals surface area contributed by atoms with Gasteiger partial charge in [-0.3, -0.25) is 9.10 Å². The molecule has 0 aliphatic rings. The number of carbonyl (C=O) groups is 1. The van der Waals surface area contributed by atoms with Gasteiger partial charge < -0.3 is 5.32 Å². The highest BCUT2D eigenvalue weighted by molar-refractivity contribution is 7.92. The topological polar surface area (TPSA) is 66.5 Å². The van der Waals surface area contributed by atoms with Crippen molar-refractivity contribution in [2.24, 2.45) is 0 Å². The molecule has 0 aliphatic heterocycles. The number of amides is 1. The molecule has 0 radical (unpaired) electrons. The lowest BCUT2D eigenvalue weighted by atomic mass is 10.0. The Balaban J connectivity index is 1.81. The molecule has 0 fully saturated rings. The van der Waals surface area contributed by atoms with Crippen LogP contribution in [0.4, 0.5) is 5.69 Å². The summed E-state index contributed by atoms with van der Waals surface area (Å²) in [5.41, 5.74) is 2.39. The minimum absolute atomic E-state index is 0.118. The van der Waals surface area contributed by atoms with Crippen LogP contribution in [0.1, 0.15) is 24.0 Å². The van der Waals surface area contributed by atoms with Crippen LogP contribution in [0.25, 0.3) is 0 Å². The lowest BCUT2D eigenvalue weighted by molar-refractivity contribution is -0.119. The maximum Gasteiger partial charge on any atom is 0.264 e. The van der Waals surface area contributed by atoms with Crippen LogP contribution < -0.4 is 9.62 Å². The van der Waals surface area contributed by atoms with Crippen LogP contribution in [0.2, 0.25) is 0 Å². The molecule has 30 heavy (non-hydrogen) atoms. The molecule has 1 N–H and O–H groups in total. The molecule has 0 aliphatic carbocycles. The van der Waals surface area contributed by atoms with Crippen molar-refractivity contribution in [2.75, 3.05) is 17.4 Å². The van der Waals surface area contributed by atoms with E-state index in [-0.39, 0.29) is 23.3 Å². The zero-order valence-electron chi connectivity index (χ0n) is 17.2. The minimum Gasteiger partial charge on any atom is -0.354 e. The van der Waals surface area contributed by atoms with Gasteiger partial charge in [0.1, 0.15) is 6.54 Å². The summed E-state index contributed by atoms with van der Waals surface area (Å²) in [5, 5.41) is 2.88. The molecule has 156 valence electrons. The monoisotopic (exact) mass is 422 g/mol. The van der Waals surface area contributed by atoms with E-state index < -0.39 is 10.0 Å². The maximum atomic E-state index is 13.3. The minimum atomic E-state index is -3.89. The first-order valence-corrected chi connectivity index (χ1v) is 11.3. The summed E-state index contributed by atoms with van der Waals surface area (Å²) >= 11 is 0. The second-order valence-electron chi connectivity index (χ2n) is 7.23. The van der Waals surface area contributed by atoms with Gasteiger partial charge in [0.25, 0.3) is 10.0 Å². The fourth-order valence-corrected chi connectivity index (χ4v) is 4.72. The average Bonchev–Trinajstić information content (AvgIpc) is 2.77. The van der Waals surface area contributed by atoms with E-state index in [0.717, 1.165) is 11.1 Å². The molecule has 0 heterocycles. The zero-order valence-corrected chi connectivity index (χ0v) is 18.0. The van der Waals surface area contributed by atoms with Crippen LogP contribution in [0.5, 0.6) is 0 Å². The van der Waals surface area contributed by atoms with Gasteiger partial charge in [-0.1, -0.05) is 73.7 Å². The Hall–Kier alpha value is -3.12. The summed E-state index contributed by atoms with van der Waals surface area (Å²) in [6.07, 6.45) is 0. The highest BCUT2D eigenvalue weighted by atomic mass is 32.2. The third-order valence-corrected chi connectivity index (χ3v) is 6.75. The molecule has 0 unspecified atom stereocenters. The van der Waals surface area contributed by atoms with Crippen LogP contribution >= 0.6 is 0 Å². The number of hydrogen-bond acceptors (Lipinski definition) is 3. The van der Waals surface area contributed by atoms with E-state index in [9.17, 15) is 13.2 Å². The first-order chi connectivity index (χ1) is 14.4. The smallest absolute Gasteiger partial charge is 0.264 e. The van der Waals surface area contributed by atoms with Crippen LogP contribution in [-0.2, 0) is 14.8 Å². The molecular formula is C24H26N2O3S. The number of para-hydroxylation sites is 1. The van der Waals surface area contributed by atoms with E-state index in [1.807, 2.05) is 56.3 Å². The first-order valence-electron chi connectivity index (χ1n) is 9.84. The van der Waals surface area contributed by atoms with E-state index >= 15 is 0 Å². The summed E-state index contributed by atoms with van der Waals surface area (Å²) in [6, 6.07) is 25.2. The number of rotatable bonds is 8. The van der Waals surface area contributed by atoms with Crippen molar-refractivity contribution in [3.63, 3.8) is 0 Å². The van der Waals surface area contributed by atoms with Crippen molar-refractivity contribution < 1.29 is 13.2 Å². The van der Waals surface area contributed by atoms with Gasteiger partial charge in [-0.25, -0.2) is 8.42 Å². The third-order valence-electron chi connectivity index (χ3n) is 4.98. The molecule has 6 heteroatoms. The summed E-state index contributed by atoms with van der Waals surface area (Å²) in [4.78, 5) is 12.9. The Morgan fingerprint density at radius 1 is 0.900 bits per heavy atom. The number of nitrogens with one attached hydrogen (secondary N) is 1. The van der Waals surface area contributed by atoms with E-state index in [1.165, 1.54) is 16.4 Å². The molecule has 0 bridgehead atoms. The van der Waals surface area contributed by atoms with Gasteiger partial charge in [0, 0.05) is 6.54 Å². The van der Waals surface area contributed by atoms with Gasteiger partial charge in [-0.2, -0.15) is 0 Å². The SMILES string of the molecule is Cc1ccccc1N(CC(=O)NC[C@@H](C)c1ccccc1)S(=O)(=O)c1ccccc1. The predicted octanol–water partition coefficient (Wildman–Crippen LogP) is 4.11. The maximum absolute atomic E-state index is 13.3. The molecule has 3 aromatic rings. The van der Waals surface area contributed by atoms with E-state index in [4.69, 9.17) is 0 Å². The number of carbonyl (C=O) groups excluding carboxylic acids is 1. The average molecular weight is 423 g/mol. The normalized spacial score (nSPS) is 12.2. The predicted molar refractivity (Wildman–Crippen MR) is 120 cm³/mol. The van der Waals surface area contributed by atoms with Gasteiger partial charge in [0.2, 0.25) is 5.91 Å². The molecule has 0 saturated heterocycles. The molecule has 3 aromatic carbocycles. The molecule has 5 nitrogen and oxygen atoms in total. The Morgan fingerprint density at radius 2 is 1.47 bits per heavy atom. The Kier molecular flexibility index (Phi) is 6.90. The molecular weight excluding hydrogens is 396 g/mol.